The minimum Gasteiger partial charge on any atom is -0.312 e. The van der Waals surface area contributed by atoms with E-state index in [0.29, 0.717) is 19.4 Å². The van der Waals surface area contributed by atoms with Crippen molar-refractivity contribution in [3.8, 4) is 0 Å². The van der Waals surface area contributed by atoms with Crippen molar-refractivity contribution in [1.29, 1.82) is 0 Å². The Kier molecular flexibility index (Phi) is 6.69. The highest BCUT2D eigenvalue weighted by Crippen LogP contribution is 2.29. The first-order valence-corrected chi connectivity index (χ1v) is 11.6. The van der Waals surface area contributed by atoms with Crippen LogP contribution in [0, 0.1) is 0 Å². The predicted molar refractivity (Wildman–Crippen MR) is 116 cm³/mol. The molecule has 1 aliphatic heterocycles. The summed E-state index contributed by atoms with van der Waals surface area (Å²) in [5, 5.41) is 1.18. The highest BCUT2D eigenvalue weighted by molar-refractivity contribution is 9.10. The maximum atomic E-state index is 12.3. The smallest absolute Gasteiger partial charge is 0.234 e. The van der Waals surface area contributed by atoms with E-state index in [1.54, 1.807) is 6.08 Å². The van der Waals surface area contributed by atoms with Crippen molar-refractivity contribution in [1.82, 2.24) is 4.72 Å². The number of aryl methyl sites for hydroxylation is 1. The monoisotopic (exact) mass is 462 g/mol. The Morgan fingerprint density at radius 3 is 2.75 bits per heavy atom. The van der Waals surface area contributed by atoms with Gasteiger partial charge in [0.05, 0.1) is 0 Å². The van der Waals surface area contributed by atoms with Gasteiger partial charge in [-0.2, -0.15) is 0 Å². The summed E-state index contributed by atoms with van der Waals surface area (Å²) in [4.78, 5) is 13.9. The van der Waals surface area contributed by atoms with E-state index in [-0.39, 0.29) is 12.5 Å². The number of hydrogen-bond donors (Lipinski definition) is 1. The Morgan fingerprint density at radius 1 is 1.18 bits per heavy atom. The molecule has 1 N–H and O–H groups in total. The lowest BCUT2D eigenvalue weighted by Crippen LogP contribution is -2.35. The number of hydrogen-bond acceptors (Lipinski definition) is 3. The fourth-order valence-electron chi connectivity index (χ4n) is 3.20. The molecule has 148 valence electrons. The summed E-state index contributed by atoms with van der Waals surface area (Å²) < 4.78 is 28.0. The average molecular weight is 463 g/mol. The van der Waals surface area contributed by atoms with Crippen LogP contribution >= 0.6 is 15.9 Å². The molecule has 0 atom stereocenters. The van der Waals surface area contributed by atoms with Crippen molar-refractivity contribution in [2.24, 2.45) is 0 Å². The van der Waals surface area contributed by atoms with Gasteiger partial charge in [0, 0.05) is 35.1 Å². The van der Waals surface area contributed by atoms with Gasteiger partial charge >= 0.3 is 0 Å². The third-order valence-electron chi connectivity index (χ3n) is 4.56. The predicted octanol–water partition coefficient (Wildman–Crippen LogP) is 4.23. The number of carbonyl (C=O) groups is 1. The molecule has 0 aromatic heterocycles. The first-order valence-electron chi connectivity index (χ1n) is 9.23. The number of nitrogens with zero attached hydrogens (tertiary/aromatic N) is 1. The molecule has 1 amide bonds. The largest absolute Gasteiger partial charge is 0.312 e. The van der Waals surface area contributed by atoms with Crippen LogP contribution in [0.5, 0.6) is 0 Å². The van der Waals surface area contributed by atoms with E-state index in [9.17, 15) is 13.2 Å². The van der Waals surface area contributed by atoms with Gasteiger partial charge in [0.2, 0.25) is 15.9 Å². The van der Waals surface area contributed by atoms with Crippen molar-refractivity contribution >= 4 is 43.6 Å². The molecule has 0 aliphatic carbocycles. The molecule has 2 aromatic carbocycles. The first kappa shape index (κ1) is 20.8. The van der Waals surface area contributed by atoms with E-state index in [1.807, 2.05) is 54.3 Å². The summed E-state index contributed by atoms with van der Waals surface area (Å²) in [5.74, 6) is 0.153. The van der Waals surface area contributed by atoms with Gasteiger partial charge in [0.15, 0.2) is 0 Å². The first-order chi connectivity index (χ1) is 13.4. The Labute approximate surface area is 174 Å². The zero-order chi connectivity index (χ0) is 20.1. The van der Waals surface area contributed by atoms with Crippen molar-refractivity contribution < 1.29 is 13.2 Å². The second-order valence-corrected chi connectivity index (χ2v) is 9.30. The van der Waals surface area contributed by atoms with Crippen LogP contribution in [0.1, 0.15) is 36.5 Å². The third kappa shape index (κ3) is 5.31. The molecule has 7 heteroatoms. The molecule has 1 aliphatic rings. The second kappa shape index (κ2) is 9.03. The number of sulfonamides is 1. The van der Waals surface area contributed by atoms with Gasteiger partial charge in [-0.3, -0.25) is 4.79 Å². The number of halogens is 1. The fourth-order valence-corrected chi connectivity index (χ4v) is 4.42. The van der Waals surface area contributed by atoms with Crippen molar-refractivity contribution in [3.63, 3.8) is 0 Å². The molecule has 0 bridgehead atoms. The van der Waals surface area contributed by atoms with Crippen LogP contribution in [0.4, 0.5) is 5.69 Å². The van der Waals surface area contributed by atoms with Crippen LogP contribution in [-0.2, 0) is 27.8 Å². The van der Waals surface area contributed by atoms with Gasteiger partial charge in [0.1, 0.15) is 0 Å². The number of anilines is 1. The highest BCUT2D eigenvalue weighted by Gasteiger charge is 2.23. The van der Waals surface area contributed by atoms with Crippen LogP contribution < -0.4 is 9.62 Å². The fraction of sp³-hybridized carbons (Fsp3) is 0.286. The number of amides is 1. The molecule has 28 heavy (non-hydrogen) atoms. The summed E-state index contributed by atoms with van der Waals surface area (Å²) in [6.45, 7) is 2.96. The van der Waals surface area contributed by atoms with Crippen LogP contribution in [0.2, 0.25) is 0 Å². The van der Waals surface area contributed by atoms with Gasteiger partial charge in [-0.1, -0.05) is 47.1 Å². The van der Waals surface area contributed by atoms with Crippen molar-refractivity contribution in [2.45, 2.75) is 32.7 Å². The molecule has 0 fully saturated rings. The molecule has 5 nitrogen and oxygen atoms in total. The summed E-state index contributed by atoms with van der Waals surface area (Å²) >= 11 is 3.37. The van der Waals surface area contributed by atoms with Crippen LogP contribution in [-0.4, -0.2) is 20.9 Å². The summed E-state index contributed by atoms with van der Waals surface area (Å²) in [5.41, 5.74) is 3.71. The van der Waals surface area contributed by atoms with E-state index in [2.05, 4.69) is 20.7 Å². The van der Waals surface area contributed by atoms with Crippen LogP contribution in [0.15, 0.2) is 52.3 Å². The topological polar surface area (TPSA) is 66.5 Å². The maximum Gasteiger partial charge on any atom is 0.234 e. The standard InChI is InChI=1S/C21H23BrN2O3S/c1-2-11-24-20-8-6-17(13-18(20)7-9-21(24)25)15-23-28(26,27)12-10-16-4-3-5-19(22)14-16/h3-6,8,10,12-14,23H,2,7,9,11,15H2,1H3/b12-10+. The van der Waals surface area contributed by atoms with E-state index >= 15 is 0 Å². The number of fused-ring (bicyclic) bond motifs is 1. The summed E-state index contributed by atoms with van der Waals surface area (Å²) in [6.07, 6.45) is 3.65. The quantitative estimate of drug-likeness (QED) is 0.669. The minimum atomic E-state index is -3.55. The van der Waals surface area contributed by atoms with E-state index in [0.717, 1.165) is 33.3 Å². The molecule has 0 saturated heterocycles. The zero-order valence-electron chi connectivity index (χ0n) is 15.7. The lowest BCUT2D eigenvalue weighted by atomic mass is 9.98. The Bertz CT molecular complexity index is 1000. The third-order valence-corrected chi connectivity index (χ3v) is 6.09. The molecule has 0 saturated carbocycles. The van der Waals surface area contributed by atoms with Crippen molar-refractivity contribution in [2.75, 3.05) is 11.4 Å². The maximum absolute atomic E-state index is 12.3. The number of rotatable bonds is 7. The van der Waals surface area contributed by atoms with Crippen LogP contribution in [0.25, 0.3) is 6.08 Å². The molecular formula is C21H23BrN2O3S. The van der Waals surface area contributed by atoms with Gasteiger partial charge in [-0.05, 0) is 53.8 Å². The van der Waals surface area contributed by atoms with E-state index in [1.165, 1.54) is 5.41 Å². The van der Waals surface area contributed by atoms with Gasteiger partial charge in [-0.15, -0.1) is 0 Å². The second-order valence-electron chi connectivity index (χ2n) is 6.73. The Morgan fingerprint density at radius 2 is 2.00 bits per heavy atom. The molecule has 1 heterocycles. The normalized spacial score (nSPS) is 14.5. The van der Waals surface area contributed by atoms with Gasteiger partial charge in [0.25, 0.3) is 0 Å². The Hall–Kier alpha value is -1.96. The highest BCUT2D eigenvalue weighted by atomic mass is 79.9. The Balaban J connectivity index is 1.68. The number of carbonyl (C=O) groups excluding carboxylic acids is 1. The van der Waals surface area contributed by atoms with Crippen molar-refractivity contribution in [3.05, 3.63) is 69.0 Å². The van der Waals surface area contributed by atoms with E-state index in [4.69, 9.17) is 0 Å². The minimum absolute atomic E-state index is 0.153. The molecule has 0 spiro atoms. The molecule has 0 unspecified atom stereocenters. The lowest BCUT2D eigenvalue weighted by molar-refractivity contribution is -0.118. The molecule has 0 radical (unpaired) electrons. The molecule has 2 aromatic rings. The average Bonchev–Trinajstić information content (AvgIpc) is 2.67. The molecule has 3 rings (SSSR count). The van der Waals surface area contributed by atoms with Crippen LogP contribution in [0.3, 0.4) is 0 Å². The summed E-state index contributed by atoms with van der Waals surface area (Å²) in [7, 11) is -3.55. The SMILES string of the molecule is CCCN1C(=O)CCc2cc(CNS(=O)(=O)/C=C/c3cccc(Br)c3)ccc21. The summed E-state index contributed by atoms with van der Waals surface area (Å²) in [6, 6.07) is 13.2. The zero-order valence-corrected chi connectivity index (χ0v) is 18.1. The van der Waals surface area contributed by atoms with Gasteiger partial charge < -0.3 is 4.90 Å². The number of benzene rings is 2. The van der Waals surface area contributed by atoms with Gasteiger partial charge in [-0.25, -0.2) is 13.1 Å². The number of nitrogens with one attached hydrogen (secondary N) is 1. The lowest BCUT2D eigenvalue weighted by Gasteiger charge is -2.29. The van der Waals surface area contributed by atoms with E-state index < -0.39 is 10.0 Å². The molecular weight excluding hydrogens is 440 g/mol.